The van der Waals surface area contributed by atoms with Crippen molar-refractivity contribution in [1.29, 1.82) is 0 Å². The van der Waals surface area contributed by atoms with E-state index in [4.69, 9.17) is 23.7 Å². The van der Waals surface area contributed by atoms with E-state index in [2.05, 4.69) is 19.6 Å². The zero-order valence-electron chi connectivity index (χ0n) is 20.9. The summed E-state index contributed by atoms with van der Waals surface area (Å²) in [7, 11) is -1.64. The van der Waals surface area contributed by atoms with E-state index in [-0.39, 0.29) is 6.61 Å². The van der Waals surface area contributed by atoms with Crippen molar-refractivity contribution in [3.63, 3.8) is 0 Å². The number of fused-ring (bicyclic) bond motifs is 1. The van der Waals surface area contributed by atoms with Gasteiger partial charge in [-0.1, -0.05) is 80.3 Å². The summed E-state index contributed by atoms with van der Waals surface area (Å²) in [6, 6.07) is 20.6. The third-order valence-electron chi connectivity index (χ3n) is 6.29. The molecule has 2 heterocycles. The normalized spacial score (nSPS) is 29.2. The molecular formula is C27H38O6Si. The van der Waals surface area contributed by atoms with Gasteiger partial charge >= 0.3 is 0 Å². The van der Waals surface area contributed by atoms with Gasteiger partial charge in [-0.2, -0.15) is 0 Å². The Labute approximate surface area is 204 Å². The minimum absolute atomic E-state index is 0.174. The van der Waals surface area contributed by atoms with Gasteiger partial charge in [-0.15, -0.1) is 0 Å². The minimum Gasteiger partial charge on any atom is -0.390 e. The Morgan fingerprint density at radius 2 is 1.47 bits per heavy atom. The van der Waals surface area contributed by atoms with Crippen LogP contribution < -0.4 is 0 Å². The van der Waals surface area contributed by atoms with Gasteiger partial charge < -0.3 is 28.8 Å². The molecule has 0 spiro atoms. The van der Waals surface area contributed by atoms with Crippen molar-refractivity contribution in [2.45, 2.75) is 88.7 Å². The molecule has 0 radical (unpaired) electrons. The molecule has 2 aliphatic rings. The maximum Gasteiger partial charge on any atom is 0.190 e. The Morgan fingerprint density at radius 3 is 2.06 bits per heavy atom. The summed E-state index contributed by atoms with van der Waals surface area (Å²) in [4.78, 5) is 0. The van der Waals surface area contributed by atoms with Crippen molar-refractivity contribution < 1.29 is 28.8 Å². The minimum atomic E-state index is -1.64. The molecule has 4 rings (SSSR count). The van der Waals surface area contributed by atoms with Crippen LogP contribution in [0.25, 0.3) is 0 Å². The first-order chi connectivity index (χ1) is 16.1. The lowest BCUT2D eigenvalue weighted by Gasteiger charge is -2.41. The molecule has 0 amide bonds. The van der Waals surface area contributed by atoms with Crippen LogP contribution in [0.5, 0.6) is 0 Å². The number of rotatable bonds is 10. The molecule has 7 heteroatoms. The predicted molar refractivity (Wildman–Crippen MR) is 133 cm³/mol. The van der Waals surface area contributed by atoms with E-state index in [0.29, 0.717) is 19.3 Å². The second kappa shape index (κ2) is 10.2. The fraction of sp³-hybridized carbons (Fsp3) is 0.556. The molecule has 0 aliphatic carbocycles. The molecule has 2 aliphatic heterocycles. The molecule has 6 nitrogen and oxygen atoms in total. The van der Waals surface area contributed by atoms with Crippen LogP contribution in [0.3, 0.4) is 0 Å². The van der Waals surface area contributed by atoms with Crippen LogP contribution in [0, 0.1) is 0 Å². The Balaban J connectivity index is 1.60. The van der Waals surface area contributed by atoms with E-state index in [1.54, 1.807) is 0 Å². The third-order valence-corrected chi connectivity index (χ3v) is 7.90. The summed E-state index contributed by atoms with van der Waals surface area (Å²) in [5.74, 6) is -0.787. The van der Waals surface area contributed by atoms with E-state index in [0.717, 1.165) is 11.1 Å². The van der Waals surface area contributed by atoms with Crippen LogP contribution in [0.15, 0.2) is 60.7 Å². The zero-order chi connectivity index (χ0) is 24.4. The highest BCUT2D eigenvalue weighted by Crippen LogP contribution is 2.47. The molecule has 2 saturated heterocycles. The number of hydrogen-bond acceptors (Lipinski definition) is 6. The molecule has 2 fully saturated rings. The number of aliphatic hydroxyl groups excluding tert-OH is 1. The van der Waals surface area contributed by atoms with Crippen LogP contribution in [-0.4, -0.2) is 55.8 Å². The summed E-state index contributed by atoms with van der Waals surface area (Å²) in [5, 5.41) is 11.6. The van der Waals surface area contributed by atoms with E-state index in [1.165, 1.54) is 0 Å². The summed E-state index contributed by atoms with van der Waals surface area (Å²) >= 11 is 0. The SMILES string of the molecule is CC1(C)O[C@H]2O[C@@](COCc3ccccc3)([C@@H](O)C[Si](C)(C)C)[C@@H](OCc3ccccc3)[C@H]2O1. The van der Waals surface area contributed by atoms with Gasteiger partial charge in [0.05, 0.1) is 25.9 Å². The van der Waals surface area contributed by atoms with E-state index in [1.807, 2.05) is 74.5 Å². The van der Waals surface area contributed by atoms with Crippen molar-refractivity contribution in [3.8, 4) is 0 Å². The van der Waals surface area contributed by atoms with E-state index in [9.17, 15) is 5.11 Å². The quantitative estimate of drug-likeness (QED) is 0.490. The monoisotopic (exact) mass is 486 g/mol. The third kappa shape index (κ3) is 5.97. The molecule has 0 saturated carbocycles. The maximum absolute atomic E-state index is 11.6. The van der Waals surface area contributed by atoms with Crippen LogP contribution in [-0.2, 0) is 36.9 Å². The Bertz CT molecular complexity index is 916. The molecule has 2 aromatic rings. The highest BCUT2D eigenvalue weighted by Gasteiger charge is 2.65. The molecule has 0 aromatic heterocycles. The van der Waals surface area contributed by atoms with Crippen molar-refractivity contribution in [3.05, 3.63) is 71.8 Å². The highest BCUT2D eigenvalue weighted by molar-refractivity contribution is 6.76. The van der Waals surface area contributed by atoms with Crippen LogP contribution >= 0.6 is 0 Å². The van der Waals surface area contributed by atoms with Gasteiger partial charge in [0.2, 0.25) is 0 Å². The van der Waals surface area contributed by atoms with Crippen molar-refractivity contribution in [1.82, 2.24) is 0 Å². The topological polar surface area (TPSA) is 66.4 Å². The summed E-state index contributed by atoms with van der Waals surface area (Å²) in [5.41, 5.74) is 1.00. The van der Waals surface area contributed by atoms with E-state index >= 15 is 0 Å². The van der Waals surface area contributed by atoms with Gasteiger partial charge in [-0.25, -0.2) is 0 Å². The lowest BCUT2D eigenvalue weighted by Crippen LogP contribution is -2.58. The van der Waals surface area contributed by atoms with Gasteiger partial charge in [0.15, 0.2) is 12.1 Å². The summed E-state index contributed by atoms with van der Waals surface area (Å²) in [6.45, 7) is 11.4. The van der Waals surface area contributed by atoms with Gasteiger partial charge in [0, 0.05) is 8.07 Å². The van der Waals surface area contributed by atoms with Crippen molar-refractivity contribution >= 4 is 8.07 Å². The zero-order valence-corrected chi connectivity index (χ0v) is 21.9. The van der Waals surface area contributed by atoms with Crippen molar-refractivity contribution in [2.24, 2.45) is 0 Å². The van der Waals surface area contributed by atoms with Gasteiger partial charge in [-0.05, 0) is 31.0 Å². The average molecular weight is 487 g/mol. The van der Waals surface area contributed by atoms with E-state index < -0.39 is 44.1 Å². The largest absolute Gasteiger partial charge is 0.390 e. The number of aliphatic hydroxyl groups is 1. The Kier molecular flexibility index (Phi) is 7.64. The highest BCUT2D eigenvalue weighted by atomic mass is 28.3. The Hall–Kier alpha value is -1.58. The number of ether oxygens (including phenoxy) is 5. The number of benzene rings is 2. The number of hydrogen-bond donors (Lipinski definition) is 1. The molecule has 0 unspecified atom stereocenters. The summed E-state index contributed by atoms with van der Waals surface area (Å²) < 4.78 is 31.5. The molecule has 0 bridgehead atoms. The van der Waals surface area contributed by atoms with Crippen LogP contribution in [0.4, 0.5) is 0 Å². The molecule has 34 heavy (non-hydrogen) atoms. The molecule has 186 valence electrons. The van der Waals surface area contributed by atoms with Gasteiger partial charge in [-0.3, -0.25) is 0 Å². The lowest BCUT2D eigenvalue weighted by molar-refractivity contribution is -0.273. The average Bonchev–Trinajstić information content (AvgIpc) is 3.21. The molecular weight excluding hydrogens is 448 g/mol. The second-order valence-corrected chi connectivity index (χ2v) is 16.5. The Morgan fingerprint density at radius 1 is 0.882 bits per heavy atom. The second-order valence-electron chi connectivity index (χ2n) is 11.0. The maximum atomic E-state index is 11.6. The van der Waals surface area contributed by atoms with Gasteiger partial charge in [0.25, 0.3) is 0 Å². The summed E-state index contributed by atoms with van der Waals surface area (Å²) in [6.07, 6.45) is -2.43. The molecule has 1 N–H and O–H groups in total. The van der Waals surface area contributed by atoms with Crippen molar-refractivity contribution in [2.75, 3.05) is 6.61 Å². The first kappa shape index (κ1) is 25.5. The van der Waals surface area contributed by atoms with Crippen LogP contribution in [0.1, 0.15) is 25.0 Å². The molecule has 2 aromatic carbocycles. The fourth-order valence-electron chi connectivity index (χ4n) is 4.75. The fourth-order valence-corrected chi connectivity index (χ4v) is 6.25. The lowest BCUT2D eigenvalue weighted by atomic mass is 9.90. The first-order valence-electron chi connectivity index (χ1n) is 12.1. The predicted octanol–water partition coefficient (Wildman–Crippen LogP) is 4.73. The first-order valence-corrected chi connectivity index (χ1v) is 15.8. The van der Waals surface area contributed by atoms with Gasteiger partial charge in [0.1, 0.15) is 17.8 Å². The smallest absolute Gasteiger partial charge is 0.190 e. The van der Waals surface area contributed by atoms with Crippen LogP contribution in [0.2, 0.25) is 25.7 Å². The molecule has 5 atom stereocenters. The standard InChI is InChI=1S/C27H38O6Si/c1-26(2)31-23-24(30-17-21-14-10-7-11-15-21)27(33-25(23)32-26,22(28)18-34(3,4)5)19-29-16-20-12-8-6-9-13-20/h6-15,22-25,28H,16-19H2,1-5H3/t22-,23+,24-,25-,27-/m0/s1.